The van der Waals surface area contributed by atoms with Gasteiger partial charge >= 0.3 is 5.69 Å². The zero-order chi connectivity index (χ0) is 13.0. The summed E-state index contributed by atoms with van der Waals surface area (Å²) in [5.74, 6) is 0.0496. The Morgan fingerprint density at radius 1 is 1.59 bits per heavy atom. The van der Waals surface area contributed by atoms with Crippen LogP contribution in [-0.4, -0.2) is 32.6 Å². The van der Waals surface area contributed by atoms with Gasteiger partial charge in [0.15, 0.2) is 0 Å². The molecule has 0 radical (unpaired) electrons. The molecule has 0 aliphatic heterocycles. The number of hydrogen-bond acceptors (Lipinski definition) is 6. The number of nitrogens with zero attached hydrogens (tertiary/aromatic N) is 3. The second-order valence-electron chi connectivity index (χ2n) is 3.81. The van der Waals surface area contributed by atoms with Crippen LogP contribution in [0.3, 0.4) is 0 Å². The molecule has 0 saturated carbocycles. The Kier molecular flexibility index (Phi) is 4.59. The van der Waals surface area contributed by atoms with E-state index in [1.165, 1.54) is 0 Å². The van der Waals surface area contributed by atoms with Gasteiger partial charge in [0, 0.05) is 6.54 Å². The highest BCUT2D eigenvalue weighted by molar-refractivity contribution is 6.31. The van der Waals surface area contributed by atoms with Crippen LogP contribution in [0.5, 0.6) is 0 Å². The maximum Gasteiger partial charge on any atom is 0.348 e. The van der Waals surface area contributed by atoms with Crippen LogP contribution in [0.4, 0.5) is 11.5 Å². The molecule has 1 unspecified atom stereocenters. The summed E-state index contributed by atoms with van der Waals surface area (Å²) in [6, 6.07) is 0. The largest absolute Gasteiger partial charge is 0.391 e. The summed E-state index contributed by atoms with van der Waals surface area (Å²) in [5, 5.41) is 22.8. The molecule has 7 nitrogen and oxygen atoms in total. The Morgan fingerprint density at radius 3 is 2.76 bits per heavy atom. The molecule has 17 heavy (non-hydrogen) atoms. The van der Waals surface area contributed by atoms with E-state index in [2.05, 4.69) is 15.3 Å². The first-order valence-corrected chi connectivity index (χ1v) is 5.38. The summed E-state index contributed by atoms with van der Waals surface area (Å²) in [6.45, 7) is 3.84. The van der Waals surface area contributed by atoms with Gasteiger partial charge in [-0.3, -0.25) is 10.1 Å². The maximum absolute atomic E-state index is 10.8. The summed E-state index contributed by atoms with van der Waals surface area (Å²) in [7, 11) is 0. The van der Waals surface area contributed by atoms with E-state index >= 15 is 0 Å². The van der Waals surface area contributed by atoms with Gasteiger partial charge in [-0.1, -0.05) is 25.4 Å². The molecule has 0 bridgehead atoms. The summed E-state index contributed by atoms with van der Waals surface area (Å²) in [5.41, 5.74) is -0.384. The van der Waals surface area contributed by atoms with Gasteiger partial charge < -0.3 is 10.4 Å². The van der Waals surface area contributed by atoms with Crippen molar-refractivity contribution >= 4 is 23.1 Å². The highest BCUT2D eigenvalue weighted by Gasteiger charge is 2.22. The molecule has 0 spiro atoms. The Balaban J connectivity index is 2.84. The molecular weight excluding hydrogens is 248 g/mol. The van der Waals surface area contributed by atoms with Crippen molar-refractivity contribution in [3.8, 4) is 0 Å². The first kappa shape index (κ1) is 13.6. The predicted octanol–water partition coefficient (Wildman–Crippen LogP) is 1.47. The molecule has 0 amide bonds. The lowest BCUT2D eigenvalue weighted by atomic mass is 10.1. The summed E-state index contributed by atoms with van der Waals surface area (Å²) in [6.07, 6.45) is 0.503. The second kappa shape index (κ2) is 5.74. The van der Waals surface area contributed by atoms with Crippen LogP contribution in [0.15, 0.2) is 6.33 Å². The molecule has 1 rings (SSSR count). The van der Waals surface area contributed by atoms with E-state index in [1.807, 2.05) is 13.8 Å². The van der Waals surface area contributed by atoms with Crippen LogP contribution in [-0.2, 0) is 0 Å². The fraction of sp³-hybridized carbons (Fsp3) is 0.556. The SMILES string of the molecule is CC(C)C(O)CNc1ncnc(Cl)c1[N+](=O)[O-]. The van der Waals surface area contributed by atoms with Crippen molar-refractivity contribution in [2.24, 2.45) is 5.92 Å². The van der Waals surface area contributed by atoms with Crippen LogP contribution >= 0.6 is 11.6 Å². The van der Waals surface area contributed by atoms with Crippen LogP contribution in [0, 0.1) is 16.0 Å². The monoisotopic (exact) mass is 260 g/mol. The van der Waals surface area contributed by atoms with Crippen LogP contribution < -0.4 is 5.32 Å². The third-order valence-electron chi connectivity index (χ3n) is 2.21. The normalized spacial score (nSPS) is 12.5. The molecule has 1 atom stereocenters. The standard InChI is InChI=1S/C9H13ClN4O3/c1-5(2)6(15)3-11-9-7(14(16)17)8(10)12-4-13-9/h4-6,15H,3H2,1-2H3,(H,11,12,13). The molecule has 94 valence electrons. The molecule has 1 aromatic rings. The summed E-state index contributed by atoms with van der Waals surface area (Å²) >= 11 is 5.61. The quantitative estimate of drug-likeness (QED) is 0.472. The van der Waals surface area contributed by atoms with E-state index in [-0.39, 0.29) is 29.1 Å². The van der Waals surface area contributed by atoms with Gasteiger partial charge in [-0.15, -0.1) is 0 Å². The Morgan fingerprint density at radius 2 is 2.24 bits per heavy atom. The van der Waals surface area contributed by atoms with E-state index in [4.69, 9.17) is 11.6 Å². The fourth-order valence-corrected chi connectivity index (χ4v) is 1.29. The van der Waals surface area contributed by atoms with Gasteiger partial charge in [0.1, 0.15) is 6.33 Å². The summed E-state index contributed by atoms with van der Waals surface area (Å²) in [4.78, 5) is 17.4. The first-order valence-electron chi connectivity index (χ1n) is 5.00. The topological polar surface area (TPSA) is 101 Å². The predicted molar refractivity (Wildman–Crippen MR) is 63.0 cm³/mol. The number of aliphatic hydroxyl groups excluding tert-OH is 1. The number of hydrogen-bond donors (Lipinski definition) is 2. The van der Waals surface area contributed by atoms with Crippen LogP contribution in [0.2, 0.25) is 5.15 Å². The number of anilines is 1. The molecule has 1 aromatic heterocycles. The van der Waals surface area contributed by atoms with E-state index < -0.39 is 11.0 Å². The number of nitro groups is 1. The lowest BCUT2D eigenvalue weighted by molar-refractivity contribution is -0.384. The second-order valence-corrected chi connectivity index (χ2v) is 4.17. The van der Waals surface area contributed by atoms with E-state index in [9.17, 15) is 15.2 Å². The van der Waals surface area contributed by atoms with Gasteiger partial charge in [-0.05, 0) is 5.92 Å². The van der Waals surface area contributed by atoms with Gasteiger partial charge in [-0.25, -0.2) is 9.97 Å². The minimum atomic E-state index is -0.660. The zero-order valence-electron chi connectivity index (χ0n) is 9.42. The Bertz CT molecular complexity index is 413. The van der Waals surface area contributed by atoms with Crippen LogP contribution in [0.1, 0.15) is 13.8 Å². The molecule has 0 aliphatic rings. The van der Waals surface area contributed by atoms with Gasteiger partial charge in [0.25, 0.3) is 0 Å². The van der Waals surface area contributed by atoms with E-state index in [0.717, 1.165) is 6.33 Å². The number of nitrogens with one attached hydrogen (secondary N) is 1. The van der Waals surface area contributed by atoms with Gasteiger partial charge in [0.05, 0.1) is 11.0 Å². The van der Waals surface area contributed by atoms with Gasteiger partial charge in [-0.2, -0.15) is 0 Å². The molecule has 0 fully saturated rings. The highest BCUT2D eigenvalue weighted by atomic mass is 35.5. The average Bonchev–Trinajstić information content (AvgIpc) is 2.24. The summed E-state index contributed by atoms with van der Waals surface area (Å²) < 4.78 is 0. The molecule has 0 aliphatic carbocycles. The van der Waals surface area contributed by atoms with Crippen molar-refractivity contribution in [2.75, 3.05) is 11.9 Å². The molecular formula is C9H13ClN4O3. The van der Waals surface area contributed by atoms with Gasteiger partial charge in [0.2, 0.25) is 11.0 Å². The number of halogens is 1. The van der Waals surface area contributed by atoms with Crippen molar-refractivity contribution in [1.29, 1.82) is 0 Å². The number of aromatic nitrogens is 2. The van der Waals surface area contributed by atoms with E-state index in [0.29, 0.717) is 0 Å². The smallest absolute Gasteiger partial charge is 0.348 e. The van der Waals surface area contributed by atoms with Crippen molar-refractivity contribution < 1.29 is 10.0 Å². The Labute approximate surface area is 103 Å². The third kappa shape index (κ3) is 3.50. The average molecular weight is 261 g/mol. The van der Waals surface area contributed by atoms with E-state index in [1.54, 1.807) is 0 Å². The lowest BCUT2D eigenvalue weighted by Crippen LogP contribution is -2.25. The first-order chi connectivity index (χ1) is 7.93. The minimum Gasteiger partial charge on any atom is -0.391 e. The number of rotatable bonds is 5. The molecule has 8 heteroatoms. The fourth-order valence-electron chi connectivity index (χ4n) is 1.09. The molecule has 1 heterocycles. The minimum absolute atomic E-state index is 0.00898. The molecule has 0 aromatic carbocycles. The van der Waals surface area contributed by atoms with Crippen LogP contribution in [0.25, 0.3) is 0 Å². The molecule has 0 saturated heterocycles. The van der Waals surface area contributed by atoms with Crippen molar-refractivity contribution in [1.82, 2.24) is 9.97 Å². The number of aliphatic hydroxyl groups is 1. The van der Waals surface area contributed by atoms with Crippen molar-refractivity contribution in [3.63, 3.8) is 0 Å². The Hall–Kier alpha value is -1.47. The highest BCUT2D eigenvalue weighted by Crippen LogP contribution is 2.28. The van der Waals surface area contributed by atoms with Crippen molar-refractivity contribution in [3.05, 3.63) is 21.6 Å². The lowest BCUT2D eigenvalue weighted by Gasteiger charge is -2.15. The zero-order valence-corrected chi connectivity index (χ0v) is 10.2. The molecule has 2 N–H and O–H groups in total. The third-order valence-corrected chi connectivity index (χ3v) is 2.48. The van der Waals surface area contributed by atoms with Crippen molar-refractivity contribution in [2.45, 2.75) is 20.0 Å². The maximum atomic E-state index is 10.8.